The lowest BCUT2D eigenvalue weighted by Crippen LogP contribution is -2.24. The molecule has 0 bridgehead atoms. The van der Waals surface area contributed by atoms with Gasteiger partial charge in [0.15, 0.2) is 0 Å². The molecule has 1 saturated heterocycles. The fourth-order valence-electron chi connectivity index (χ4n) is 2.55. The van der Waals surface area contributed by atoms with Gasteiger partial charge in [0.05, 0.1) is 6.10 Å². The molecule has 2 atom stereocenters. The molecule has 1 aliphatic carbocycles. The van der Waals surface area contributed by atoms with Crippen molar-refractivity contribution in [2.24, 2.45) is 11.8 Å². The summed E-state index contributed by atoms with van der Waals surface area (Å²) < 4.78 is 0. The van der Waals surface area contributed by atoms with E-state index in [1.165, 1.54) is 25.7 Å². The molecule has 0 radical (unpaired) electrons. The fraction of sp³-hybridized carbons (Fsp3) is 1.00. The molecule has 11 heavy (non-hydrogen) atoms. The lowest BCUT2D eigenvalue weighted by Gasteiger charge is -2.19. The molecule has 1 heterocycles. The van der Waals surface area contributed by atoms with Crippen LogP contribution in [0.5, 0.6) is 0 Å². The van der Waals surface area contributed by atoms with E-state index in [2.05, 4.69) is 5.32 Å². The summed E-state index contributed by atoms with van der Waals surface area (Å²) in [5.41, 5.74) is 0. The molecule has 2 nitrogen and oxygen atoms in total. The van der Waals surface area contributed by atoms with Crippen LogP contribution in [0.15, 0.2) is 0 Å². The van der Waals surface area contributed by atoms with Crippen molar-refractivity contribution in [1.29, 1.82) is 0 Å². The van der Waals surface area contributed by atoms with E-state index < -0.39 is 0 Å². The smallest absolute Gasteiger partial charge is 0.0707 e. The van der Waals surface area contributed by atoms with Gasteiger partial charge in [-0.05, 0) is 5.92 Å². The molecule has 2 rings (SSSR count). The van der Waals surface area contributed by atoms with E-state index in [9.17, 15) is 5.11 Å². The lowest BCUT2D eigenvalue weighted by atomic mass is 9.88. The molecule has 0 aromatic carbocycles. The average Bonchev–Trinajstić information content (AvgIpc) is 2.55. The molecule has 2 N–H and O–H groups in total. The van der Waals surface area contributed by atoms with Crippen molar-refractivity contribution >= 4 is 0 Å². The molecule has 0 unspecified atom stereocenters. The molecule has 2 fully saturated rings. The zero-order valence-electron chi connectivity index (χ0n) is 6.92. The van der Waals surface area contributed by atoms with Gasteiger partial charge in [-0.25, -0.2) is 0 Å². The van der Waals surface area contributed by atoms with Crippen molar-refractivity contribution in [1.82, 2.24) is 5.32 Å². The molecule has 0 aromatic rings. The maximum atomic E-state index is 9.59. The normalized spacial score (nSPS) is 40.1. The minimum Gasteiger partial charge on any atom is -0.391 e. The predicted octanol–water partition coefficient (Wildman–Crippen LogP) is 0.757. The number of hydrogen-bond donors (Lipinski definition) is 2. The molecule has 0 spiro atoms. The summed E-state index contributed by atoms with van der Waals surface area (Å²) in [5.74, 6) is 1.39. The predicted molar refractivity (Wildman–Crippen MR) is 44.3 cm³/mol. The van der Waals surface area contributed by atoms with Crippen LogP contribution in [-0.4, -0.2) is 24.3 Å². The third kappa shape index (κ3) is 1.42. The highest BCUT2D eigenvalue weighted by Gasteiger charge is 2.33. The second kappa shape index (κ2) is 3.11. The zero-order chi connectivity index (χ0) is 7.68. The first-order chi connectivity index (χ1) is 5.38. The van der Waals surface area contributed by atoms with Crippen LogP contribution >= 0.6 is 0 Å². The van der Waals surface area contributed by atoms with Gasteiger partial charge >= 0.3 is 0 Å². The Balaban J connectivity index is 1.92. The van der Waals surface area contributed by atoms with Crippen LogP contribution < -0.4 is 5.32 Å². The Labute approximate surface area is 68.0 Å². The fourth-order valence-corrected chi connectivity index (χ4v) is 2.55. The van der Waals surface area contributed by atoms with Crippen LogP contribution in [0.2, 0.25) is 0 Å². The SMILES string of the molecule is O[C@@H]1CNC[C@H]1C1CCCC1. The van der Waals surface area contributed by atoms with Crippen molar-refractivity contribution < 1.29 is 5.11 Å². The van der Waals surface area contributed by atoms with Crippen LogP contribution in [-0.2, 0) is 0 Å². The molecule has 1 aliphatic heterocycles. The monoisotopic (exact) mass is 155 g/mol. The highest BCUT2D eigenvalue weighted by Crippen LogP contribution is 2.34. The van der Waals surface area contributed by atoms with Crippen molar-refractivity contribution in [2.45, 2.75) is 31.8 Å². The van der Waals surface area contributed by atoms with Gasteiger partial charge in [0.1, 0.15) is 0 Å². The average molecular weight is 155 g/mol. The number of β-amino-alcohol motifs (C(OH)–C–C–N with tert-alkyl or cyclic N) is 1. The Morgan fingerprint density at radius 3 is 2.36 bits per heavy atom. The summed E-state index contributed by atoms with van der Waals surface area (Å²) in [5, 5.41) is 12.8. The highest BCUT2D eigenvalue weighted by molar-refractivity contribution is 4.87. The Hall–Kier alpha value is -0.0800. The van der Waals surface area contributed by atoms with E-state index in [0.717, 1.165) is 19.0 Å². The molecule has 0 aromatic heterocycles. The molecule has 0 amide bonds. The first kappa shape index (κ1) is 7.56. The standard InChI is InChI=1S/C9H17NO/c11-9-6-10-5-8(9)7-3-1-2-4-7/h7-11H,1-6H2/t8-,9+/m0/s1. The number of aliphatic hydroxyl groups is 1. The van der Waals surface area contributed by atoms with Gasteiger partial charge in [0.2, 0.25) is 0 Å². The second-order valence-electron chi connectivity index (χ2n) is 3.93. The van der Waals surface area contributed by atoms with Crippen molar-refractivity contribution in [2.75, 3.05) is 13.1 Å². The summed E-state index contributed by atoms with van der Waals surface area (Å²) >= 11 is 0. The quantitative estimate of drug-likeness (QED) is 0.586. The van der Waals surface area contributed by atoms with Crippen molar-refractivity contribution in [3.05, 3.63) is 0 Å². The van der Waals surface area contributed by atoms with Crippen molar-refractivity contribution in [3.63, 3.8) is 0 Å². The largest absolute Gasteiger partial charge is 0.391 e. The third-order valence-corrected chi connectivity index (χ3v) is 3.23. The van der Waals surface area contributed by atoms with Gasteiger partial charge in [0, 0.05) is 19.0 Å². The van der Waals surface area contributed by atoms with Gasteiger partial charge in [-0.15, -0.1) is 0 Å². The van der Waals surface area contributed by atoms with E-state index in [-0.39, 0.29) is 6.10 Å². The summed E-state index contributed by atoms with van der Waals surface area (Å²) in [6.07, 6.45) is 5.41. The van der Waals surface area contributed by atoms with E-state index in [1.54, 1.807) is 0 Å². The van der Waals surface area contributed by atoms with E-state index in [1.807, 2.05) is 0 Å². The van der Waals surface area contributed by atoms with Crippen molar-refractivity contribution in [3.8, 4) is 0 Å². The Kier molecular flexibility index (Phi) is 2.14. The van der Waals surface area contributed by atoms with Crippen LogP contribution in [0.1, 0.15) is 25.7 Å². The van der Waals surface area contributed by atoms with Gasteiger partial charge in [-0.1, -0.05) is 25.7 Å². The first-order valence-electron chi connectivity index (χ1n) is 4.76. The van der Waals surface area contributed by atoms with Crippen LogP contribution in [0.4, 0.5) is 0 Å². The first-order valence-corrected chi connectivity index (χ1v) is 4.76. The van der Waals surface area contributed by atoms with Gasteiger partial charge < -0.3 is 10.4 Å². The van der Waals surface area contributed by atoms with E-state index in [4.69, 9.17) is 0 Å². The lowest BCUT2D eigenvalue weighted by molar-refractivity contribution is 0.114. The molecular weight excluding hydrogens is 138 g/mol. The van der Waals surface area contributed by atoms with Crippen LogP contribution in [0.3, 0.4) is 0 Å². The molecule has 64 valence electrons. The minimum atomic E-state index is -0.0573. The van der Waals surface area contributed by atoms with Crippen LogP contribution in [0, 0.1) is 11.8 Å². The van der Waals surface area contributed by atoms with Gasteiger partial charge in [-0.3, -0.25) is 0 Å². The minimum absolute atomic E-state index is 0.0573. The molecule has 2 aliphatic rings. The maximum Gasteiger partial charge on any atom is 0.0707 e. The van der Waals surface area contributed by atoms with Crippen LogP contribution in [0.25, 0.3) is 0 Å². The molecule has 2 heteroatoms. The Bertz CT molecular complexity index is 132. The number of rotatable bonds is 1. The second-order valence-corrected chi connectivity index (χ2v) is 3.93. The Morgan fingerprint density at radius 1 is 1.09 bits per heavy atom. The third-order valence-electron chi connectivity index (χ3n) is 3.23. The number of nitrogens with one attached hydrogen (secondary N) is 1. The number of hydrogen-bond acceptors (Lipinski definition) is 2. The van der Waals surface area contributed by atoms with Gasteiger partial charge in [0.25, 0.3) is 0 Å². The summed E-state index contributed by atoms with van der Waals surface area (Å²) in [4.78, 5) is 0. The highest BCUT2D eigenvalue weighted by atomic mass is 16.3. The summed E-state index contributed by atoms with van der Waals surface area (Å²) in [6.45, 7) is 1.87. The maximum absolute atomic E-state index is 9.59. The van der Waals surface area contributed by atoms with E-state index >= 15 is 0 Å². The zero-order valence-corrected chi connectivity index (χ0v) is 6.92. The summed E-state index contributed by atoms with van der Waals surface area (Å²) in [7, 11) is 0. The molecular formula is C9H17NO. The van der Waals surface area contributed by atoms with E-state index in [0.29, 0.717) is 5.92 Å². The Morgan fingerprint density at radius 2 is 1.82 bits per heavy atom. The van der Waals surface area contributed by atoms with Gasteiger partial charge in [-0.2, -0.15) is 0 Å². The topological polar surface area (TPSA) is 32.3 Å². The number of aliphatic hydroxyl groups excluding tert-OH is 1. The molecule has 1 saturated carbocycles. The summed E-state index contributed by atoms with van der Waals surface area (Å²) in [6, 6.07) is 0.